The quantitative estimate of drug-likeness (QED) is 0.715. The van der Waals surface area contributed by atoms with Gasteiger partial charge in [-0.05, 0) is 18.6 Å². The lowest BCUT2D eigenvalue weighted by molar-refractivity contribution is 0.824. The predicted octanol–water partition coefficient (Wildman–Crippen LogP) is 1.84. The van der Waals surface area contributed by atoms with Crippen molar-refractivity contribution in [2.24, 2.45) is 5.73 Å². The number of para-hydroxylation sites is 1. The standard InChI is InChI=1S/C11H13N3/c1-7(12)10-4-2-3-8-5-9(13)6-14-11(8)10/h2-7H,12-13H2,1H3. The van der Waals surface area contributed by atoms with Crippen LogP contribution in [-0.2, 0) is 0 Å². The van der Waals surface area contributed by atoms with Crippen LogP contribution in [0.15, 0.2) is 30.5 Å². The normalized spacial score (nSPS) is 13.0. The van der Waals surface area contributed by atoms with Crippen molar-refractivity contribution in [3.63, 3.8) is 0 Å². The second-order valence-corrected chi connectivity index (χ2v) is 3.48. The van der Waals surface area contributed by atoms with Crippen LogP contribution in [0.1, 0.15) is 18.5 Å². The van der Waals surface area contributed by atoms with Gasteiger partial charge in [0.2, 0.25) is 0 Å². The number of hydrogen-bond acceptors (Lipinski definition) is 3. The molecule has 3 nitrogen and oxygen atoms in total. The minimum Gasteiger partial charge on any atom is -0.397 e. The van der Waals surface area contributed by atoms with Crippen LogP contribution in [0.3, 0.4) is 0 Å². The number of nitrogens with two attached hydrogens (primary N) is 2. The lowest BCUT2D eigenvalue weighted by atomic mass is 10.0. The summed E-state index contributed by atoms with van der Waals surface area (Å²) in [5.41, 5.74) is 14.2. The fourth-order valence-corrected chi connectivity index (χ4v) is 1.57. The minimum atomic E-state index is -0.00479. The van der Waals surface area contributed by atoms with Crippen LogP contribution in [0.5, 0.6) is 0 Å². The number of nitrogen functional groups attached to an aromatic ring is 1. The third-order valence-electron chi connectivity index (χ3n) is 2.25. The Balaban J connectivity index is 2.75. The zero-order valence-corrected chi connectivity index (χ0v) is 8.07. The number of hydrogen-bond donors (Lipinski definition) is 2. The summed E-state index contributed by atoms with van der Waals surface area (Å²) in [6, 6.07) is 7.87. The summed E-state index contributed by atoms with van der Waals surface area (Å²) < 4.78 is 0. The maximum absolute atomic E-state index is 5.85. The van der Waals surface area contributed by atoms with E-state index in [-0.39, 0.29) is 6.04 Å². The summed E-state index contributed by atoms with van der Waals surface area (Å²) in [6.45, 7) is 1.95. The van der Waals surface area contributed by atoms with E-state index < -0.39 is 0 Å². The molecule has 1 unspecified atom stereocenters. The van der Waals surface area contributed by atoms with Crippen molar-refractivity contribution in [1.82, 2.24) is 4.98 Å². The molecule has 0 fully saturated rings. The van der Waals surface area contributed by atoms with E-state index in [4.69, 9.17) is 11.5 Å². The van der Waals surface area contributed by atoms with Crippen LogP contribution in [0.25, 0.3) is 10.9 Å². The Morgan fingerprint density at radius 1 is 1.36 bits per heavy atom. The zero-order chi connectivity index (χ0) is 10.1. The van der Waals surface area contributed by atoms with Crippen LogP contribution in [0.4, 0.5) is 5.69 Å². The lowest BCUT2D eigenvalue weighted by Gasteiger charge is -2.08. The monoisotopic (exact) mass is 187 g/mol. The minimum absolute atomic E-state index is 0.00479. The van der Waals surface area contributed by atoms with Crippen LogP contribution in [0, 0.1) is 0 Å². The zero-order valence-electron chi connectivity index (χ0n) is 8.07. The van der Waals surface area contributed by atoms with E-state index >= 15 is 0 Å². The van der Waals surface area contributed by atoms with E-state index in [1.54, 1.807) is 6.20 Å². The fourth-order valence-electron chi connectivity index (χ4n) is 1.57. The Bertz CT molecular complexity index is 463. The highest BCUT2D eigenvalue weighted by Gasteiger charge is 2.05. The molecule has 2 aromatic rings. The average Bonchev–Trinajstić information content (AvgIpc) is 2.16. The molecule has 0 aliphatic rings. The van der Waals surface area contributed by atoms with Crippen molar-refractivity contribution in [2.75, 3.05) is 5.73 Å². The van der Waals surface area contributed by atoms with Gasteiger partial charge < -0.3 is 11.5 Å². The molecule has 0 saturated heterocycles. The number of benzene rings is 1. The SMILES string of the molecule is CC(N)c1cccc2cc(N)cnc12. The van der Waals surface area contributed by atoms with Crippen molar-refractivity contribution in [2.45, 2.75) is 13.0 Å². The fraction of sp³-hybridized carbons (Fsp3) is 0.182. The molecule has 0 amide bonds. The molecule has 3 heteroatoms. The number of aromatic nitrogens is 1. The van der Waals surface area contributed by atoms with E-state index in [2.05, 4.69) is 4.98 Å². The number of anilines is 1. The van der Waals surface area contributed by atoms with Gasteiger partial charge in [-0.1, -0.05) is 18.2 Å². The van der Waals surface area contributed by atoms with E-state index in [9.17, 15) is 0 Å². The number of fused-ring (bicyclic) bond motifs is 1. The second kappa shape index (κ2) is 3.27. The molecule has 2 rings (SSSR count). The van der Waals surface area contributed by atoms with Gasteiger partial charge in [-0.25, -0.2) is 0 Å². The number of nitrogens with zero attached hydrogens (tertiary/aromatic N) is 1. The van der Waals surface area contributed by atoms with E-state index in [1.807, 2.05) is 31.2 Å². The van der Waals surface area contributed by atoms with Gasteiger partial charge >= 0.3 is 0 Å². The van der Waals surface area contributed by atoms with Gasteiger partial charge in [0, 0.05) is 11.4 Å². The summed E-state index contributed by atoms with van der Waals surface area (Å²) in [6.07, 6.45) is 1.66. The first-order valence-corrected chi connectivity index (χ1v) is 4.58. The molecule has 4 N–H and O–H groups in total. The molecule has 1 atom stereocenters. The summed E-state index contributed by atoms with van der Waals surface area (Å²) in [5.74, 6) is 0. The third kappa shape index (κ3) is 1.42. The molecule has 0 radical (unpaired) electrons. The maximum atomic E-state index is 5.85. The van der Waals surface area contributed by atoms with Gasteiger partial charge in [0.1, 0.15) is 0 Å². The summed E-state index contributed by atoms with van der Waals surface area (Å²) in [7, 11) is 0. The average molecular weight is 187 g/mol. The molecule has 1 aromatic carbocycles. The molecule has 72 valence electrons. The molecule has 1 heterocycles. The summed E-state index contributed by atoms with van der Waals surface area (Å²) in [4.78, 5) is 4.30. The van der Waals surface area contributed by atoms with Crippen LogP contribution in [-0.4, -0.2) is 4.98 Å². The maximum Gasteiger partial charge on any atom is 0.0751 e. The Kier molecular flexibility index (Phi) is 2.09. The highest BCUT2D eigenvalue weighted by molar-refractivity contribution is 5.84. The lowest BCUT2D eigenvalue weighted by Crippen LogP contribution is -2.06. The molecular weight excluding hydrogens is 174 g/mol. The van der Waals surface area contributed by atoms with Crippen molar-refractivity contribution in [3.05, 3.63) is 36.0 Å². The predicted molar refractivity (Wildman–Crippen MR) is 58.8 cm³/mol. The molecule has 0 aliphatic heterocycles. The van der Waals surface area contributed by atoms with Gasteiger partial charge in [-0.3, -0.25) is 4.98 Å². The Labute approximate surface area is 82.7 Å². The molecule has 0 bridgehead atoms. The molecule has 0 spiro atoms. The van der Waals surface area contributed by atoms with Crippen molar-refractivity contribution in [3.8, 4) is 0 Å². The van der Waals surface area contributed by atoms with Crippen LogP contribution >= 0.6 is 0 Å². The van der Waals surface area contributed by atoms with Crippen molar-refractivity contribution >= 4 is 16.6 Å². The van der Waals surface area contributed by atoms with Gasteiger partial charge in [0.25, 0.3) is 0 Å². The Morgan fingerprint density at radius 2 is 2.14 bits per heavy atom. The first-order chi connectivity index (χ1) is 6.68. The van der Waals surface area contributed by atoms with Gasteiger partial charge in [0.05, 0.1) is 17.4 Å². The second-order valence-electron chi connectivity index (χ2n) is 3.48. The Morgan fingerprint density at radius 3 is 2.86 bits per heavy atom. The number of pyridine rings is 1. The molecule has 0 aliphatic carbocycles. The highest BCUT2D eigenvalue weighted by Crippen LogP contribution is 2.22. The topological polar surface area (TPSA) is 64.9 Å². The Hall–Kier alpha value is -1.61. The summed E-state index contributed by atoms with van der Waals surface area (Å²) >= 11 is 0. The first kappa shape index (κ1) is 8.97. The molecule has 0 saturated carbocycles. The summed E-state index contributed by atoms with van der Waals surface area (Å²) in [5, 5.41) is 1.04. The van der Waals surface area contributed by atoms with Gasteiger partial charge in [-0.2, -0.15) is 0 Å². The molecule has 14 heavy (non-hydrogen) atoms. The van der Waals surface area contributed by atoms with Crippen molar-refractivity contribution in [1.29, 1.82) is 0 Å². The first-order valence-electron chi connectivity index (χ1n) is 4.58. The smallest absolute Gasteiger partial charge is 0.0751 e. The van der Waals surface area contributed by atoms with Crippen molar-refractivity contribution < 1.29 is 0 Å². The van der Waals surface area contributed by atoms with Crippen LogP contribution in [0.2, 0.25) is 0 Å². The van der Waals surface area contributed by atoms with Gasteiger partial charge in [-0.15, -0.1) is 0 Å². The highest BCUT2D eigenvalue weighted by atomic mass is 14.7. The van der Waals surface area contributed by atoms with E-state index in [0.717, 1.165) is 16.5 Å². The number of rotatable bonds is 1. The largest absolute Gasteiger partial charge is 0.397 e. The van der Waals surface area contributed by atoms with Crippen LogP contribution < -0.4 is 11.5 Å². The van der Waals surface area contributed by atoms with E-state index in [0.29, 0.717) is 5.69 Å². The van der Waals surface area contributed by atoms with Gasteiger partial charge in [0.15, 0.2) is 0 Å². The third-order valence-corrected chi connectivity index (χ3v) is 2.25. The molecule has 1 aromatic heterocycles. The molecular formula is C11H13N3. The van der Waals surface area contributed by atoms with E-state index in [1.165, 1.54) is 0 Å².